The predicted octanol–water partition coefficient (Wildman–Crippen LogP) is 2.48. The van der Waals surface area contributed by atoms with E-state index in [4.69, 9.17) is 23.2 Å². The first-order chi connectivity index (χ1) is 7.22. The molecule has 0 aliphatic carbocycles. The van der Waals surface area contributed by atoms with Gasteiger partial charge in [-0.15, -0.1) is 21.8 Å². The summed E-state index contributed by atoms with van der Waals surface area (Å²) in [5.74, 6) is 0.903. The zero-order chi connectivity index (χ0) is 11.1. The van der Waals surface area contributed by atoms with Crippen LogP contribution in [0.4, 0.5) is 5.82 Å². The van der Waals surface area contributed by atoms with Crippen molar-refractivity contribution in [3.63, 3.8) is 0 Å². The molecule has 1 N–H and O–H groups in total. The Hall–Kier alpha value is -0.870. The highest BCUT2D eigenvalue weighted by Gasteiger charge is 2.03. The number of alkyl halides is 1. The van der Waals surface area contributed by atoms with Gasteiger partial charge in [-0.05, 0) is 25.0 Å². The van der Waals surface area contributed by atoms with E-state index in [0.717, 1.165) is 12.8 Å². The van der Waals surface area contributed by atoms with Gasteiger partial charge in [-0.1, -0.05) is 11.6 Å². The fourth-order valence-electron chi connectivity index (χ4n) is 0.968. The maximum atomic E-state index is 11.3. The minimum absolute atomic E-state index is 0.0864. The van der Waals surface area contributed by atoms with Gasteiger partial charge in [-0.3, -0.25) is 4.79 Å². The molecule has 1 amide bonds. The molecule has 0 unspecified atom stereocenters. The Bertz CT molecular complexity index is 316. The second-order valence-electron chi connectivity index (χ2n) is 2.94. The number of nitrogens with one attached hydrogen (secondary N) is 1. The van der Waals surface area contributed by atoms with Gasteiger partial charge in [0.25, 0.3) is 0 Å². The van der Waals surface area contributed by atoms with Gasteiger partial charge < -0.3 is 5.32 Å². The molecule has 15 heavy (non-hydrogen) atoms. The standard InChI is InChI=1S/C9H11Cl2N3O/c10-6-2-1-3-9(15)12-8-5-4-7(11)13-14-8/h4-5H,1-3,6H2,(H,12,14,15). The van der Waals surface area contributed by atoms with Gasteiger partial charge in [0, 0.05) is 12.3 Å². The number of halogens is 2. The lowest BCUT2D eigenvalue weighted by Gasteiger charge is -2.02. The minimum atomic E-state index is -0.0864. The summed E-state index contributed by atoms with van der Waals surface area (Å²) in [4.78, 5) is 11.3. The van der Waals surface area contributed by atoms with Crippen molar-refractivity contribution in [2.75, 3.05) is 11.2 Å². The fourth-order valence-corrected chi connectivity index (χ4v) is 1.26. The summed E-state index contributed by atoms with van der Waals surface area (Å²) >= 11 is 11.0. The van der Waals surface area contributed by atoms with Crippen molar-refractivity contribution in [1.82, 2.24) is 10.2 Å². The summed E-state index contributed by atoms with van der Waals surface area (Å²) in [7, 11) is 0. The van der Waals surface area contributed by atoms with Gasteiger partial charge >= 0.3 is 0 Å². The summed E-state index contributed by atoms with van der Waals surface area (Å²) in [6, 6.07) is 3.18. The molecule has 1 aromatic rings. The lowest BCUT2D eigenvalue weighted by atomic mass is 10.2. The van der Waals surface area contributed by atoms with Gasteiger partial charge in [-0.2, -0.15) is 0 Å². The number of amides is 1. The molecule has 1 rings (SSSR count). The van der Waals surface area contributed by atoms with Gasteiger partial charge in [0.15, 0.2) is 11.0 Å². The smallest absolute Gasteiger partial charge is 0.225 e. The number of carbonyl (C=O) groups is 1. The molecule has 0 aromatic carbocycles. The van der Waals surface area contributed by atoms with Gasteiger partial charge in [0.2, 0.25) is 5.91 Å². The molecule has 6 heteroatoms. The third-order valence-electron chi connectivity index (χ3n) is 1.69. The molecule has 1 heterocycles. The van der Waals surface area contributed by atoms with E-state index in [1.807, 2.05) is 0 Å². The largest absolute Gasteiger partial charge is 0.309 e. The number of nitrogens with zero attached hydrogens (tertiary/aromatic N) is 2. The first kappa shape index (κ1) is 12.2. The molecule has 0 fully saturated rings. The molecule has 0 atom stereocenters. The first-order valence-corrected chi connectivity index (χ1v) is 5.48. The summed E-state index contributed by atoms with van der Waals surface area (Å²) in [5, 5.41) is 10.2. The highest BCUT2D eigenvalue weighted by molar-refractivity contribution is 6.29. The quantitative estimate of drug-likeness (QED) is 0.643. The molecule has 4 nitrogen and oxygen atoms in total. The van der Waals surface area contributed by atoms with Crippen LogP contribution in [-0.2, 0) is 4.79 Å². The van der Waals surface area contributed by atoms with E-state index in [-0.39, 0.29) is 5.91 Å². The first-order valence-electron chi connectivity index (χ1n) is 4.57. The number of rotatable bonds is 5. The third kappa shape index (κ3) is 4.95. The Morgan fingerprint density at radius 2 is 2.13 bits per heavy atom. The number of hydrogen-bond donors (Lipinski definition) is 1. The van der Waals surface area contributed by atoms with Gasteiger partial charge in [0.1, 0.15) is 0 Å². The molecule has 1 aromatic heterocycles. The van der Waals surface area contributed by atoms with Gasteiger partial charge in [-0.25, -0.2) is 0 Å². The summed E-state index contributed by atoms with van der Waals surface area (Å²) in [5.41, 5.74) is 0. The van der Waals surface area contributed by atoms with Crippen molar-refractivity contribution in [2.24, 2.45) is 0 Å². The van der Waals surface area contributed by atoms with Crippen LogP contribution in [0.15, 0.2) is 12.1 Å². The van der Waals surface area contributed by atoms with E-state index in [9.17, 15) is 4.79 Å². The van der Waals surface area contributed by atoms with Crippen molar-refractivity contribution in [2.45, 2.75) is 19.3 Å². The molecule has 0 spiro atoms. The molecule has 0 saturated carbocycles. The lowest BCUT2D eigenvalue weighted by molar-refractivity contribution is -0.116. The second-order valence-corrected chi connectivity index (χ2v) is 3.70. The van der Waals surface area contributed by atoms with Crippen molar-refractivity contribution < 1.29 is 4.79 Å². The van der Waals surface area contributed by atoms with Crippen molar-refractivity contribution in [3.05, 3.63) is 17.3 Å². The Kier molecular flexibility index (Phi) is 5.36. The van der Waals surface area contributed by atoms with Crippen LogP contribution in [0.25, 0.3) is 0 Å². The van der Waals surface area contributed by atoms with Crippen LogP contribution in [0.1, 0.15) is 19.3 Å². The highest BCUT2D eigenvalue weighted by atomic mass is 35.5. The highest BCUT2D eigenvalue weighted by Crippen LogP contribution is 2.07. The number of hydrogen-bond acceptors (Lipinski definition) is 3. The monoisotopic (exact) mass is 247 g/mol. The number of aromatic nitrogens is 2. The number of anilines is 1. The molecule has 0 saturated heterocycles. The van der Waals surface area contributed by atoms with Crippen molar-refractivity contribution in [3.8, 4) is 0 Å². The van der Waals surface area contributed by atoms with Crippen LogP contribution in [0.3, 0.4) is 0 Å². The Morgan fingerprint density at radius 1 is 1.33 bits per heavy atom. The summed E-state index contributed by atoms with van der Waals surface area (Å²) in [6.45, 7) is 0. The molecular formula is C9H11Cl2N3O. The Balaban J connectivity index is 2.34. The lowest BCUT2D eigenvalue weighted by Crippen LogP contribution is -2.12. The number of unbranched alkanes of at least 4 members (excludes halogenated alkanes) is 1. The van der Waals surface area contributed by atoms with E-state index >= 15 is 0 Å². The summed E-state index contributed by atoms with van der Waals surface area (Å²) in [6.07, 6.45) is 2.05. The fraction of sp³-hybridized carbons (Fsp3) is 0.444. The Labute approximate surface area is 98.0 Å². The zero-order valence-corrected chi connectivity index (χ0v) is 9.55. The van der Waals surface area contributed by atoms with E-state index in [1.165, 1.54) is 0 Å². The topological polar surface area (TPSA) is 54.9 Å². The maximum Gasteiger partial charge on any atom is 0.225 e. The molecule has 0 aliphatic rings. The van der Waals surface area contributed by atoms with Crippen LogP contribution in [0.5, 0.6) is 0 Å². The second kappa shape index (κ2) is 6.58. The van der Waals surface area contributed by atoms with E-state index in [0.29, 0.717) is 23.3 Å². The zero-order valence-electron chi connectivity index (χ0n) is 8.04. The van der Waals surface area contributed by atoms with Crippen LogP contribution in [-0.4, -0.2) is 22.0 Å². The minimum Gasteiger partial charge on any atom is -0.309 e. The van der Waals surface area contributed by atoms with Gasteiger partial charge in [0.05, 0.1) is 0 Å². The average Bonchev–Trinajstić information content (AvgIpc) is 2.22. The van der Waals surface area contributed by atoms with Crippen LogP contribution in [0, 0.1) is 0 Å². The molecule has 0 bridgehead atoms. The molecule has 82 valence electrons. The molecular weight excluding hydrogens is 237 g/mol. The predicted molar refractivity (Wildman–Crippen MR) is 60.2 cm³/mol. The Morgan fingerprint density at radius 3 is 2.73 bits per heavy atom. The summed E-state index contributed by atoms with van der Waals surface area (Å²) < 4.78 is 0. The number of carbonyl (C=O) groups excluding carboxylic acids is 1. The van der Waals surface area contributed by atoms with E-state index < -0.39 is 0 Å². The normalized spacial score (nSPS) is 10.0. The maximum absolute atomic E-state index is 11.3. The van der Waals surface area contributed by atoms with E-state index in [1.54, 1.807) is 12.1 Å². The van der Waals surface area contributed by atoms with Crippen LogP contribution < -0.4 is 5.32 Å². The van der Waals surface area contributed by atoms with Crippen molar-refractivity contribution in [1.29, 1.82) is 0 Å². The van der Waals surface area contributed by atoms with Crippen LogP contribution in [0.2, 0.25) is 5.15 Å². The van der Waals surface area contributed by atoms with Crippen LogP contribution >= 0.6 is 23.2 Å². The average molecular weight is 248 g/mol. The molecule has 0 radical (unpaired) electrons. The third-order valence-corrected chi connectivity index (χ3v) is 2.16. The van der Waals surface area contributed by atoms with Crippen molar-refractivity contribution >= 4 is 34.9 Å². The SMILES string of the molecule is O=C(CCCCCl)Nc1ccc(Cl)nn1. The molecule has 0 aliphatic heterocycles. The van der Waals surface area contributed by atoms with E-state index in [2.05, 4.69) is 15.5 Å².